The molecule has 0 aliphatic carbocycles. The largest absolute Gasteiger partial charge is 0.466 e. The third-order valence-electron chi connectivity index (χ3n) is 4.55. The van der Waals surface area contributed by atoms with E-state index in [-0.39, 0.29) is 5.97 Å². The molecule has 0 unspecified atom stereocenters. The van der Waals surface area contributed by atoms with Crippen molar-refractivity contribution in [3.8, 4) is 0 Å². The highest BCUT2D eigenvalue weighted by atomic mass is 32.2. The second-order valence-corrected chi connectivity index (χ2v) is 7.84. The Balaban J connectivity index is 1.38. The van der Waals surface area contributed by atoms with E-state index in [0.29, 0.717) is 13.0 Å². The van der Waals surface area contributed by atoms with Crippen molar-refractivity contribution in [2.24, 2.45) is 0 Å². The third kappa shape index (κ3) is 5.70. The van der Waals surface area contributed by atoms with Crippen LogP contribution in [0.3, 0.4) is 0 Å². The molecule has 0 aliphatic heterocycles. The van der Waals surface area contributed by atoms with Crippen LogP contribution in [0.15, 0.2) is 41.6 Å². The minimum atomic E-state index is -0.0961. The summed E-state index contributed by atoms with van der Waals surface area (Å²) in [4.78, 5) is 17.2. The quantitative estimate of drug-likeness (QED) is 0.256. The number of rotatable bonds is 11. The Morgan fingerprint density at radius 2 is 1.96 bits per heavy atom. The summed E-state index contributed by atoms with van der Waals surface area (Å²) in [7, 11) is 0. The van der Waals surface area contributed by atoms with Gasteiger partial charge in [-0.3, -0.25) is 4.79 Å². The lowest BCUT2D eigenvalue weighted by Crippen LogP contribution is -2.06. The molecule has 3 aromatic rings. The van der Waals surface area contributed by atoms with Crippen molar-refractivity contribution in [1.82, 2.24) is 14.6 Å². The van der Waals surface area contributed by atoms with E-state index in [4.69, 9.17) is 4.74 Å². The number of nitrogens with zero attached hydrogens (tertiary/aromatic N) is 3. The first-order valence-corrected chi connectivity index (χ1v) is 10.8. The van der Waals surface area contributed by atoms with Crippen LogP contribution in [0.2, 0.25) is 0 Å². The molecule has 0 fully saturated rings. The van der Waals surface area contributed by atoms with Crippen LogP contribution in [0.4, 0.5) is 0 Å². The topological polar surface area (TPSA) is 56.5 Å². The standard InChI is InChI=1S/C21H27N3O2S/c1-2-3-4-5-6-7-13-26-21(25)12-14-27-18-9-10-19-17(15-18)8-11-20-22-16-23-24(19)20/h8-11,15-16H,2-7,12-14H2,1H3. The number of unbranched alkanes of at least 4 members (excludes halogenated alkanes) is 5. The fourth-order valence-corrected chi connectivity index (χ4v) is 3.93. The van der Waals surface area contributed by atoms with Crippen LogP contribution in [0.25, 0.3) is 16.6 Å². The van der Waals surface area contributed by atoms with Gasteiger partial charge >= 0.3 is 5.97 Å². The molecule has 0 bridgehead atoms. The Morgan fingerprint density at radius 3 is 2.85 bits per heavy atom. The first-order valence-electron chi connectivity index (χ1n) is 9.79. The van der Waals surface area contributed by atoms with Gasteiger partial charge in [-0.05, 0) is 36.8 Å². The summed E-state index contributed by atoms with van der Waals surface area (Å²) in [6, 6.07) is 10.3. The van der Waals surface area contributed by atoms with Gasteiger partial charge in [-0.25, -0.2) is 9.50 Å². The maximum Gasteiger partial charge on any atom is 0.306 e. The van der Waals surface area contributed by atoms with E-state index in [0.717, 1.165) is 40.0 Å². The molecule has 1 aromatic carbocycles. The second kappa shape index (κ2) is 10.3. The van der Waals surface area contributed by atoms with Gasteiger partial charge in [-0.2, -0.15) is 5.10 Å². The smallest absolute Gasteiger partial charge is 0.306 e. The van der Waals surface area contributed by atoms with E-state index in [1.54, 1.807) is 18.1 Å². The Labute approximate surface area is 164 Å². The van der Waals surface area contributed by atoms with Gasteiger partial charge < -0.3 is 4.74 Å². The van der Waals surface area contributed by atoms with E-state index >= 15 is 0 Å². The fourth-order valence-electron chi connectivity index (χ4n) is 3.06. The molecule has 2 aromatic heterocycles. The number of carbonyl (C=O) groups is 1. The molecule has 0 amide bonds. The summed E-state index contributed by atoms with van der Waals surface area (Å²) in [5, 5.41) is 5.37. The van der Waals surface area contributed by atoms with Crippen LogP contribution in [-0.4, -0.2) is 32.9 Å². The molecule has 0 saturated carbocycles. The van der Waals surface area contributed by atoms with Crippen molar-refractivity contribution in [1.29, 1.82) is 0 Å². The molecular weight excluding hydrogens is 358 g/mol. The minimum Gasteiger partial charge on any atom is -0.466 e. The van der Waals surface area contributed by atoms with Gasteiger partial charge in [0.25, 0.3) is 0 Å². The summed E-state index contributed by atoms with van der Waals surface area (Å²) >= 11 is 1.68. The van der Waals surface area contributed by atoms with Crippen molar-refractivity contribution in [2.45, 2.75) is 56.8 Å². The normalized spacial score (nSPS) is 11.3. The Bertz CT molecular complexity index is 878. The Morgan fingerprint density at radius 1 is 1.11 bits per heavy atom. The maximum atomic E-state index is 11.8. The Kier molecular flexibility index (Phi) is 7.51. The van der Waals surface area contributed by atoms with E-state index in [1.165, 1.54) is 25.7 Å². The predicted molar refractivity (Wildman–Crippen MR) is 110 cm³/mol. The van der Waals surface area contributed by atoms with Crippen molar-refractivity contribution in [2.75, 3.05) is 12.4 Å². The maximum absolute atomic E-state index is 11.8. The highest BCUT2D eigenvalue weighted by Crippen LogP contribution is 2.24. The molecule has 0 atom stereocenters. The summed E-state index contributed by atoms with van der Waals surface area (Å²) in [6.07, 6.45) is 9.22. The van der Waals surface area contributed by atoms with E-state index in [2.05, 4.69) is 41.3 Å². The summed E-state index contributed by atoms with van der Waals surface area (Å²) in [5.41, 5.74) is 1.88. The van der Waals surface area contributed by atoms with Crippen molar-refractivity contribution in [3.05, 3.63) is 36.7 Å². The average molecular weight is 386 g/mol. The number of hydrogen-bond acceptors (Lipinski definition) is 5. The van der Waals surface area contributed by atoms with Crippen LogP contribution in [0.5, 0.6) is 0 Å². The molecule has 3 rings (SSSR count). The number of aromatic nitrogens is 3. The zero-order valence-electron chi connectivity index (χ0n) is 15.9. The zero-order valence-corrected chi connectivity index (χ0v) is 16.7. The summed E-state index contributed by atoms with van der Waals surface area (Å²) < 4.78 is 7.16. The molecule has 0 aliphatic rings. The summed E-state index contributed by atoms with van der Waals surface area (Å²) in [5.74, 6) is 0.632. The molecular formula is C21H27N3O2S. The highest BCUT2D eigenvalue weighted by molar-refractivity contribution is 7.99. The van der Waals surface area contributed by atoms with Gasteiger partial charge in [-0.15, -0.1) is 11.8 Å². The lowest BCUT2D eigenvalue weighted by Gasteiger charge is -2.06. The molecule has 0 saturated heterocycles. The van der Waals surface area contributed by atoms with E-state index < -0.39 is 0 Å². The van der Waals surface area contributed by atoms with Crippen molar-refractivity contribution in [3.63, 3.8) is 0 Å². The molecule has 27 heavy (non-hydrogen) atoms. The van der Waals surface area contributed by atoms with Gasteiger partial charge in [-0.1, -0.05) is 39.0 Å². The molecule has 144 valence electrons. The zero-order chi connectivity index (χ0) is 18.9. The van der Waals surface area contributed by atoms with Crippen LogP contribution in [-0.2, 0) is 9.53 Å². The van der Waals surface area contributed by atoms with Gasteiger partial charge in [0, 0.05) is 16.0 Å². The molecule has 0 spiro atoms. The number of pyridine rings is 1. The van der Waals surface area contributed by atoms with Crippen LogP contribution < -0.4 is 0 Å². The van der Waals surface area contributed by atoms with Crippen molar-refractivity contribution >= 4 is 34.3 Å². The fraction of sp³-hybridized carbons (Fsp3) is 0.476. The van der Waals surface area contributed by atoms with Gasteiger partial charge in [0.15, 0.2) is 5.65 Å². The molecule has 5 nitrogen and oxygen atoms in total. The molecule has 0 radical (unpaired) electrons. The lowest BCUT2D eigenvalue weighted by molar-refractivity contribution is -0.143. The average Bonchev–Trinajstić information content (AvgIpc) is 3.16. The second-order valence-electron chi connectivity index (χ2n) is 6.67. The van der Waals surface area contributed by atoms with Crippen LogP contribution in [0.1, 0.15) is 51.9 Å². The number of esters is 1. The van der Waals surface area contributed by atoms with E-state index in [1.807, 2.05) is 10.6 Å². The predicted octanol–water partition coefficient (Wildman–Crippen LogP) is 5.27. The van der Waals surface area contributed by atoms with Crippen LogP contribution >= 0.6 is 11.8 Å². The highest BCUT2D eigenvalue weighted by Gasteiger charge is 2.06. The number of fused-ring (bicyclic) bond motifs is 3. The SMILES string of the molecule is CCCCCCCCOC(=O)CCSc1ccc2c(ccc3ncnn32)c1. The minimum absolute atomic E-state index is 0.0961. The lowest BCUT2D eigenvalue weighted by atomic mass is 10.1. The van der Waals surface area contributed by atoms with Gasteiger partial charge in [0.05, 0.1) is 18.5 Å². The van der Waals surface area contributed by atoms with Gasteiger partial charge in [0.2, 0.25) is 0 Å². The molecule has 2 heterocycles. The Hall–Kier alpha value is -2.08. The summed E-state index contributed by atoms with van der Waals surface area (Å²) in [6.45, 7) is 2.77. The number of hydrogen-bond donors (Lipinski definition) is 0. The number of benzene rings is 1. The number of ether oxygens (including phenoxy) is 1. The van der Waals surface area contributed by atoms with E-state index in [9.17, 15) is 4.79 Å². The third-order valence-corrected chi connectivity index (χ3v) is 5.54. The first-order chi connectivity index (χ1) is 13.3. The van der Waals surface area contributed by atoms with Crippen LogP contribution in [0, 0.1) is 0 Å². The van der Waals surface area contributed by atoms with Crippen molar-refractivity contribution < 1.29 is 9.53 Å². The number of thioether (sulfide) groups is 1. The monoisotopic (exact) mass is 385 g/mol. The molecule has 6 heteroatoms. The van der Waals surface area contributed by atoms with Gasteiger partial charge in [0.1, 0.15) is 6.33 Å². The number of carbonyl (C=O) groups excluding carboxylic acids is 1. The first kappa shape index (κ1) is 19.7. The molecule has 0 N–H and O–H groups in total.